The number of benzene rings is 1. The van der Waals surface area contributed by atoms with Crippen molar-refractivity contribution in [2.75, 3.05) is 24.7 Å². The van der Waals surface area contributed by atoms with Crippen LogP contribution in [-0.4, -0.2) is 13.7 Å². The van der Waals surface area contributed by atoms with E-state index in [1.807, 2.05) is 18.2 Å². The van der Waals surface area contributed by atoms with E-state index in [4.69, 9.17) is 10.5 Å². The highest BCUT2D eigenvalue weighted by molar-refractivity contribution is 7.07. The zero-order valence-corrected chi connectivity index (χ0v) is 10.6. The molecule has 0 spiro atoms. The molecule has 1 aromatic heterocycles. The van der Waals surface area contributed by atoms with Crippen molar-refractivity contribution in [1.82, 2.24) is 0 Å². The fourth-order valence-corrected chi connectivity index (χ4v) is 2.33. The van der Waals surface area contributed by atoms with Gasteiger partial charge in [-0.25, -0.2) is 0 Å². The molecule has 0 aliphatic carbocycles. The Morgan fingerprint density at radius 3 is 2.94 bits per heavy atom. The minimum absolute atomic E-state index is 0.711. The highest BCUT2D eigenvalue weighted by Crippen LogP contribution is 2.22. The lowest BCUT2D eigenvalue weighted by atomic mass is 10.2. The van der Waals surface area contributed by atoms with Crippen molar-refractivity contribution in [2.45, 2.75) is 6.42 Å². The van der Waals surface area contributed by atoms with Crippen LogP contribution in [0.25, 0.3) is 0 Å². The first kappa shape index (κ1) is 11.8. The number of ether oxygens (including phenoxy) is 1. The Kier molecular flexibility index (Phi) is 3.88. The lowest BCUT2D eigenvalue weighted by Crippen LogP contribution is -2.04. The van der Waals surface area contributed by atoms with Gasteiger partial charge in [0.2, 0.25) is 0 Å². The van der Waals surface area contributed by atoms with E-state index in [-0.39, 0.29) is 0 Å². The van der Waals surface area contributed by atoms with Crippen LogP contribution < -0.4 is 15.8 Å². The minimum Gasteiger partial charge on any atom is -0.497 e. The van der Waals surface area contributed by atoms with Crippen molar-refractivity contribution >= 4 is 22.7 Å². The normalized spacial score (nSPS) is 10.2. The van der Waals surface area contributed by atoms with Crippen molar-refractivity contribution in [3.63, 3.8) is 0 Å². The summed E-state index contributed by atoms with van der Waals surface area (Å²) < 4.78 is 5.17. The molecule has 3 nitrogen and oxygen atoms in total. The zero-order chi connectivity index (χ0) is 12.1. The van der Waals surface area contributed by atoms with Crippen LogP contribution in [0.2, 0.25) is 0 Å². The third-order valence-electron chi connectivity index (χ3n) is 2.49. The lowest BCUT2D eigenvalue weighted by molar-refractivity contribution is 0.415. The molecule has 1 aromatic carbocycles. The third kappa shape index (κ3) is 3.39. The summed E-state index contributed by atoms with van der Waals surface area (Å²) in [5.41, 5.74) is 8.85. The molecule has 3 N–H and O–H groups in total. The molecule has 0 atom stereocenters. The van der Waals surface area contributed by atoms with E-state index in [0.717, 1.165) is 24.4 Å². The van der Waals surface area contributed by atoms with Gasteiger partial charge in [0.1, 0.15) is 5.75 Å². The van der Waals surface area contributed by atoms with Gasteiger partial charge in [-0.1, -0.05) is 0 Å². The molecule has 0 aliphatic heterocycles. The molecule has 90 valence electrons. The Balaban J connectivity index is 1.92. The summed E-state index contributed by atoms with van der Waals surface area (Å²) >= 11 is 1.73. The summed E-state index contributed by atoms with van der Waals surface area (Å²) in [4.78, 5) is 0. The van der Waals surface area contributed by atoms with Gasteiger partial charge >= 0.3 is 0 Å². The third-order valence-corrected chi connectivity index (χ3v) is 3.22. The molecule has 0 radical (unpaired) electrons. The SMILES string of the molecule is COc1cc(N)cc(NCCc2ccsc2)c1. The van der Waals surface area contributed by atoms with Crippen LogP contribution in [-0.2, 0) is 6.42 Å². The number of methoxy groups -OCH3 is 1. The van der Waals surface area contributed by atoms with Crippen LogP contribution in [0.3, 0.4) is 0 Å². The maximum absolute atomic E-state index is 5.78. The Hall–Kier alpha value is -1.68. The smallest absolute Gasteiger partial charge is 0.122 e. The van der Waals surface area contributed by atoms with Crippen molar-refractivity contribution in [2.24, 2.45) is 0 Å². The van der Waals surface area contributed by atoms with Crippen molar-refractivity contribution in [1.29, 1.82) is 0 Å². The predicted molar refractivity (Wildman–Crippen MR) is 73.9 cm³/mol. The van der Waals surface area contributed by atoms with Crippen LogP contribution in [0.15, 0.2) is 35.0 Å². The Bertz CT molecular complexity index is 468. The predicted octanol–water partition coefficient (Wildman–Crippen LogP) is 2.99. The molecule has 1 heterocycles. The molecule has 0 saturated heterocycles. The van der Waals surface area contributed by atoms with Crippen molar-refractivity contribution in [3.8, 4) is 5.75 Å². The number of rotatable bonds is 5. The zero-order valence-electron chi connectivity index (χ0n) is 9.77. The molecule has 2 aromatic rings. The summed E-state index contributed by atoms with van der Waals surface area (Å²) in [6.45, 7) is 0.892. The lowest BCUT2D eigenvalue weighted by Gasteiger charge is -2.09. The van der Waals surface area contributed by atoms with Crippen LogP contribution in [0.5, 0.6) is 5.75 Å². The average Bonchev–Trinajstić information content (AvgIpc) is 2.81. The monoisotopic (exact) mass is 248 g/mol. The molecule has 0 saturated carbocycles. The number of hydrogen-bond acceptors (Lipinski definition) is 4. The maximum Gasteiger partial charge on any atom is 0.122 e. The summed E-state index contributed by atoms with van der Waals surface area (Å²) in [6, 6.07) is 7.82. The summed E-state index contributed by atoms with van der Waals surface area (Å²) in [7, 11) is 1.64. The molecule has 0 unspecified atom stereocenters. The maximum atomic E-state index is 5.78. The Morgan fingerprint density at radius 2 is 2.24 bits per heavy atom. The molecular formula is C13H16N2OS. The van der Waals surface area contributed by atoms with Gasteiger partial charge < -0.3 is 15.8 Å². The van der Waals surface area contributed by atoms with Crippen molar-refractivity contribution in [3.05, 3.63) is 40.6 Å². The number of anilines is 2. The van der Waals surface area contributed by atoms with E-state index in [9.17, 15) is 0 Å². The van der Waals surface area contributed by atoms with Gasteiger partial charge in [-0.2, -0.15) is 11.3 Å². The van der Waals surface area contributed by atoms with Gasteiger partial charge in [-0.3, -0.25) is 0 Å². The topological polar surface area (TPSA) is 47.3 Å². The van der Waals surface area contributed by atoms with Gasteiger partial charge in [0.05, 0.1) is 7.11 Å². The van der Waals surface area contributed by atoms with Gasteiger partial charge in [0.25, 0.3) is 0 Å². The van der Waals surface area contributed by atoms with Crippen LogP contribution in [0.4, 0.5) is 11.4 Å². The first-order chi connectivity index (χ1) is 8.28. The average molecular weight is 248 g/mol. The molecule has 0 amide bonds. The fraction of sp³-hybridized carbons (Fsp3) is 0.231. The molecule has 4 heteroatoms. The second kappa shape index (κ2) is 5.59. The number of hydrogen-bond donors (Lipinski definition) is 2. The van der Waals surface area contributed by atoms with E-state index in [2.05, 4.69) is 22.1 Å². The number of thiophene rings is 1. The number of nitrogens with two attached hydrogens (primary N) is 1. The van der Waals surface area contributed by atoms with Gasteiger partial charge in [-0.15, -0.1) is 0 Å². The first-order valence-electron chi connectivity index (χ1n) is 5.47. The Labute approximate surface area is 105 Å². The Morgan fingerprint density at radius 1 is 1.35 bits per heavy atom. The van der Waals surface area contributed by atoms with E-state index in [0.29, 0.717) is 5.69 Å². The molecule has 0 bridgehead atoms. The van der Waals surface area contributed by atoms with E-state index >= 15 is 0 Å². The molecule has 0 fully saturated rings. The highest BCUT2D eigenvalue weighted by atomic mass is 32.1. The van der Waals surface area contributed by atoms with Crippen LogP contribution in [0.1, 0.15) is 5.56 Å². The molecule has 17 heavy (non-hydrogen) atoms. The molecular weight excluding hydrogens is 232 g/mol. The van der Waals surface area contributed by atoms with E-state index < -0.39 is 0 Å². The number of nitrogen functional groups attached to an aromatic ring is 1. The summed E-state index contributed by atoms with van der Waals surface area (Å²) in [5.74, 6) is 0.781. The van der Waals surface area contributed by atoms with Gasteiger partial charge in [0.15, 0.2) is 0 Å². The van der Waals surface area contributed by atoms with E-state index in [1.165, 1.54) is 5.56 Å². The van der Waals surface area contributed by atoms with Crippen LogP contribution in [0, 0.1) is 0 Å². The summed E-state index contributed by atoms with van der Waals surface area (Å²) in [5, 5.41) is 7.61. The van der Waals surface area contributed by atoms with Gasteiger partial charge in [0, 0.05) is 30.1 Å². The second-order valence-corrected chi connectivity index (χ2v) is 4.58. The molecule has 2 rings (SSSR count). The van der Waals surface area contributed by atoms with Gasteiger partial charge in [-0.05, 0) is 34.9 Å². The minimum atomic E-state index is 0.711. The fourth-order valence-electron chi connectivity index (χ4n) is 1.63. The van der Waals surface area contributed by atoms with Crippen LogP contribution >= 0.6 is 11.3 Å². The quantitative estimate of drug-likeness (QED) is 0.800. The largest absolute Gasteiger partial charge is 0.497 e. The number of nitrogens with one attached hydrogen (secondary N) is 1. The first-order valence-corrected chi connectivity index (χ1v) is 6.42. The second-order valence-electron chi connectivity index (χ2n) is 3.80. The van der Waals surface area contributed by atoms with E-state index in [1.54, 1.807) is 18.4 Å². The highest BCUT2D eigenvalue weighted by Gasteiger charge is 1.99. The van der Waals surface area contributed by atoms with Crippen molar-refractivity contribution < 1.29 is 4.74 Å². The summed E-state index contributed by atoms with van der Waals surface area (Å²) in [6.07, 6.45) is 1.01. The standard InChI is InChI=1S/C13H16N2OS/c1-16-13-7-11(14)6-12(8-13)15-4-2-10-3-5-17-9-10/h3,5-9,15H,2,4,14H2,1H3. The molecule has 0 aliphatic rings.